The van der Waals surface area contributed by atoms with Crippen LogP contribution in [0.25, 0.3) is 0 Å². The molecule has 2 fully saturated rings. The maximum absolute atomic E-state index is 15.0. The van der Waals surface area contributed by atoms with Crippen molar-refractivity contribution in [2.45, 2.75) is 104 Å². The summed E-state index contributed by atoms with van der Waals surface area (Å²) < 4.78 is 67.5. The summed E-state index contributed by atoms with van der Waals surface area (Å²) in [5, 5.41) is 11.9. The fourth-order valence-corrected chi connectivity index (χ4v) is 7.15. The largest absolute Gasteiger partial charge is 0.493 e. The molecular weight excluding hydrogens is 616 g/mol. The average molecular weight is 665 g/mol. The summed E-state index contributed by atoms with van der Waals surface area (Å²) in [6.45, 7) is 12.6. The molecule has 0 bridgehead atoms. The summed E-state index contributed by atoms with van der Waals surface area (Å²) >= 11 is 0. The van der Waals surface area contributed by atoms with Gasteiger partial charge in [0, 0.05) is 31.4 Å². The van der Waals surface area contributed by atoms with Gasteiger partial charge in [-0.2, -0.15) is 13.2 Å². The Bertz CT molecular complexity index is 1410. The molecule has 1 saturated carbocycles. The van der Waals surface area contributed by atoms with Crippen molar-refractivity contribution in [2.75, 3.05) is 26.2 Å². The van der Waals surface area contributed by atoms with Gasteiger partial charge in [0.2, 0.25) is 5.91 Å². The van der Waals surface area contributed by atoms with Crippen LogP contribution in [0.2, 0.25) is 0 Å². The first-order chi connectivity index (χ1) is 22.3. The van der Waals surface area contributed by atoms with Gasteiger partial charge in [-0.05, 0) is 81.3 Å². The lowest BCUT2D eigenvalue weighted by molar-refractivity contribution is -0.145. The van der Waals surface area contributed by atoms with Gasteiger partial charge in [-0.1, -0.05) is 26.8 Å². The van der Waals surface area contributed by atoms with Crippen molar-refractivity contribution in [3.63, 3.8) is 0 Å². The van der Waals surface area contributed by atoms with E-state index in [1.807, 2.05) is 13.8 Å². The second-order valence-corrected chi connectivity index (χ2v) is 13.6. The number of amides is 1. The summed E-state index contributed by atoms with van der Waals surface area (Å²) in [7, 11) is 0. The first-order valence-electron chi connectivity index (χ1n) is 17.0. The number of ether oxygens (including phenoxy) is 2. The van der Waals surface area contributed by atoms with Crippen LogP contribution in [0, 0.1) is 34.9 Å². The molecule has 260 valence electrons. The predicted molar refractivity (Wildman–Crippen MR) is 168 cm³/mol. The Labute approximate surface area is 274 Å². The number of carbonyl (C=O) groups excluding carboxylic acids is 1. The van der Waals surface area contributed by atoms with Crippen molar-refractivity contribution in [1.82, 2.24) is 24.6 Å². The third-order valence-electron chi connectivity index (χ3n) is 10.2. The van der Waals surface area contributed by atoms with E-state index in [-0.39, 0.29) is 49.1 Å². The quantitative estimate of drug-likeness (QED) is 0.194. The number of rotatable bonds is 13. The molecule has 3 heterocycles. The lowest BCUT2D eigenvalue weighted by Gasteiger charge is -2.37. The van der Waals surface area contributed by atoms with E-state index in [1.54, 1.807) is 13.0 Å². The van der Waals surface area contributed by atoms with Gasteiger partial charge >= 0.3 is 6.18 Å². The van der Waals surface area contributed by atoms with Crippen LogP contribution in [0.3, 0.4) is 0 Å². The molecule has 5 unspecified atom stereocenters. The molecule has 1 aliphatic carbocycles. The molecular formula is C34H48F4N6O3. The normalized spacial score (nSPS) is 23.4. The molecule has 9 nitrogen and oxygen atoms in total. The van der Waals surface area contributed by atoms with Crippen LogP contribution in [0.1, 0.15) is 90.0 Å². The fraction of sp³-hybridized carbons (Fsp3) is 0.706. The number of piperidine rings is 1. The molecule has 5 rings (SSSR count). The lowest BCUT2D eigenvalue weighted by Crippen LogP contribution is -2.44. The predicted octanol–water partition coefficient (Wildman–Crippen LogP) is 6.52. The highest BCUT2D eigenvalue weighted by Gasteiger charge is 2.44. The van der Waals surface area contributed by atoms with Crippen LogP contribution in [0.4, 0.5) is 17.6 Å². The van der Waals surface area contributed by atoms with Gasteiger partial charge in [0.1, 0.15) is 23.6 Å². The monoisotopic (exact) mass is 664 g/mol. The average Bonchev–Trinajstić information content (AvgIpc) is 3.65. The zero-order valence-corrected chi connectivity index (χ0v) is 28.0. The zero-order valence-electron chi connectivity index (χ0n) is 28.0. The van der Waals surface area contributed by atoms with Crippen LogP contribution < -0.4 is 4.74 Å². The van der Waals surface area contributed by atoms with Crippen molar-refractivity contribution in [2.24, 2.45) is 23.7 Å². The van der Waals surface area contributed by atoms with E-state index in [2.05, 4.69) is 28.8 Å². The highest BCUT2D eigenvalue weighted by atomic mass is 19.4. The maximum atomic E-state index is 15.0. The molecule has 13 heteroatoms. The first-order valence-corrected chi connectivity index (χ1v) is 17.0. The van der Waals surface area contributed by atoms with E-state index >= 15 is 0 Å². The lowest BCUT2D eigenvalue weighted by atomic mass is 9.90. The SMILES string of the molecule is CCC(OC(C)N1CCC(C2CC2CCOc2ccc(CC(=O)N3CCn4nc(C(F)(F)F)nc4C3C)c(F)c2)CC1)C(=N)C(C)C. The molecule has 1 N–H and O–H groups in total. The van der Waals surface area contributed by atoms with Gasteiger partial charge < -0.3 is 19.8 Å². The molecule has 2 aliphatic heterocycles. The minimum atomic E-state index is -4.67. The smallest absolute Gasteiger partial charge is 0.453 e. The number of alkyl halides is 3. The van der Waals surface area contributed by atoms with Gasteiger partial charge in [0.05, 0.1) is 31.7 Å². The summed E-state index contributed by atoms with van der Waals surface area (Å²) in [6.07, 6.45) is 0.192. The number of nitrogens with zero attached hydrogens (tertiary/aromatic N) is 5. The number of halogens is 4. The van der Waals surface area contributed by atoms with E-state index in [4.69, 9.17) is 14.9 Å². The van der Waals surface area contributed by atoms with E-state index in [1.165, 1.54) is 28.1 Å². The van der Waals surface area contributed by atoms with Crippen molar-refractivity contribution in [1.29, 1.82) is 5.41 Å². The second kappa shape index (κ2) is 14.6. The van der Waals surface area contributed by atoms with Gasteiger partial charge in [-0.3, -0.25) is 9.69 Å². The molecule has 47 heavy (non-hydrogen) atoms. The molecule has 0 radical (unpaired) electrons. The molecule has 2 aromatic rings. The number of benzene rings is 1. The topological polar surface area (TPSA) is 96.6 Å². The third-order valence-corrected chi connectivity index (χ3v) is 10.2. The van der Waals surface area contributed by atoms with Crippen LogP contribution in [0.15, 0.2) is 18.2 Å². The van der Waals surface area contributed by atoms with Crippen LogP contribution in [-0.2, 0) is 28.7 Å². The number of hydrogen-bond donors (Lipinski definition) is 1. The van der Waals surface area contributed by atoms with Gasteiger partial charge in [0.15, 0.2) is 0 Å². The van der Waals surface area contributed by atoms with Gasteiger partial charge in [0.25, 0.3) is 5.82 Å². The molecule has 1 aromatic carbocycles. The molecule has 0 spiro atoms. The van der Waals surface area contributed by atoms with Gasteiger partial charge in [-0.25, -0.2) is 14.1 Å². The Morgan fingerprint density at radius 2 is 1.85 bits per heavy atom. The zero-order chi connectivity index (χ0) is 34.0. The number of carbonyl (C=O) groups is 1. The van der Waals surface area contributed by atoms with Crippen molar-refractivity contribution in [3.8, 4) is 5.75 Å². The summed E-state index contributed by atoms with van der Waals surface area (Å²) in [4.78, 5) is 20.4. The van der Waals surface area contributed by atoms with Crippen LogP contribution in [0.5, 0.6) is 5.75 Å². The number of hydrogen-bond acceptors (Lipinski definition) is 7. The van der Waals surface area contributed by atoms with E-state index in [0.717, 1.165) is 38.8 Å². The maximum Gasteiger partial charge on any atom is 0.453 e. The Kier molecular flexibility index (Phi) is 10.9. The summed E-state index contributed by atoms with van der Waals surface area (Å²) in [5.74, 6) is 0.500. The number of nitrogens with one attached hydrogen (secondary N) is 1. The highest BCUT2D eigenvalue weighted by Crippen LogP contribution is 2.50. The molecule has 5 atom stereocenters. The Hall–Kier alpha value is -3.06. The fourth-order valence-electron chi connectivity index (χ4n) is 7.15. The molecule has 1 amide bonds. The number of aromatic nitrogens is 3. The summed E-state index contributed by atoms with van der Waals surface area (Å²) in [6, 6.07) is 3.77. The van der Waals surface area contributed by atoms with Crippen molar-refractivity contribution < 1.29 is 31.8 Å². The third kappa shape index (κ3) is 8.33. The van der Waals surface area contributed by atoms with E-state index in [9.17, 15) is 22.4 Å². The van der Waals surface area contributed by atoms with E-state index in [0.29, 0.717) is 35.8 Å². The molecule has 1 aromatic heterocycles. The Morgan fingerprint density at radius 3 is 2.49 bits per heavy atom. The number of likely N-dealkylation sites (tertiary alicyclic amines) is 1. The van der Waals surface area contributed by atoms with E-state index < -0.39 is 29.8 Å². The van der Waals surface area contributed by atoms with Crippen molar-refractivity contribution >= 4 is 11.6 Å². The Morgan fingerprint density at radius 1 is 1.13 bits per heavy atom. The van der Waals surface area contributed by atoms with Crippen molar-refractivity contribution in [3.05, 3.63) is 41.2 Å². The number of fused-ring (bicyclic) bond motifs is 1. The standard InChI is InChI=1S/C34H48F4N6O3/c1-6-29(31(39)20(2)3)47-22(5)42-12-9-23(10-13-42)27-17-24(27)11-16-46-26-8-7-25(28(35)19-26)18-30(45)43-14-15-44-32(21(43)4)40-33(41-44)34(36,37)38/h7-8,19-24,27,29,39H,6,9-18H2,1-5H3. The molecule has 1 saturated heterocycles. The minimum absolute atomic E-state index is 0.000240. The first kappa shape index (κ1) is 35.3. The van der Waals surface area contributed by atoms with Crippen LogP contribution in [-0.4, -0.2) is 74.8 Å². The molecule has 3 aliphatic rings. The second-order valence-electron chi connectivity index (χ2n) is 13.6. The van der Waals surface area contributed by atoms with Gasteiger partial charge in [-0.15, -0.1) is 5.10 Å². The minimum Gasteiger partial charge on any atom is -0.493 e. The summed E-state index contributed by atoms with van der Waals surface area (Å²) in [5.41, 5.74) is 0.867. The Balaban J connectivity index is 1.03. The van der Waals surface area contributed by atoms with Crippen LogP contribution >= 0.6 is 0 Å². The highest BCUT2D eigenvalue weighted by molar-refractivity contribution is 5.87.